The second-order valence-corrected chi connectivity index (χ2v) is 6.49. The summed E-state index contributed by atoms with van der Waals surface area (Å²) >= 11 is 0. The van der Waals surface area contributed by atoms with Crippen LogP contribution in [-0.4, -0.2) is 21.5 Å². The van der Waals surface area contributed by atoms with Gasteiger partial charge in [0.15, 0.2) is 0 Å². The fourth-order valence-corrected chi connectivity index (χ4v) is 2.70. The van der Waals surface area contributed by atoms with Crippen LogP contribution >= 0.6 is 0 Å². The van der Waals surface area contributed by atoms with E-state index in [-0.39, 0.29) is 10.6 Å². The summed E-state index contributed by atoms with van der Waals surface area (Å²) in [5.41, 5.74) is 6.98. The van der Waals surface area contributed by atoms with E-state index in [1.54, 1.807) is 12.1 Å². The molecule has 0 aliphatic rings. The van der Waals surface area contributed by atoms with E-state index >= 15 is 0 Å². The molecule has 0 amide bonds. The zero-order chi connectivity index (χ0) is 15.2. The van der Waals surface area contributed by atoms with E-state index in [9.17, 15) is 8.42 Å². The van der Waals surface area contributed by atoms with E-state index in [4.69, 9.17) is 10.9 Å². The molecule has 0 radical (unpaired) electrons. The predicted octanol–water partition coefficient (Wildman–Crippen LogP) is 2.32. The molecule has 114 valence electrons. The van der Waals surface area contributed by atoms with Crippen LogP contribution < -0.4 is 15.8 Å². The maximum atomic E-state index is 11.4. The Bertz CT molecular complexity index is 521. The van der Waals surface area contributed by atoms with Crippen molar-refractivity contribution in [2.75, 3.05) is 23.7 Å². The molecule has 1 aromatic carbocycles. The maximum Gasteiger partial charge on any atom is 0.240 e. The summed E-state index contributed by atoms with van der Waals surface area (Å²) in [6, 6.07) is 4.97. The maximum absolute atomic E-state index is 11.4. The summed E-state index contributed by atoms with van der Waals surface area (Å²) in [5.74, 6) is 0. The number of hydrogen-bond donors (Lipinski definition) is 2. The quantitative estimate of drug-likeness (QED) is 0.721. The van der Waals surface area contributed by atoms with Crippen molar-refractivity contribution in [2.45, 2.75) is 44.4 Å². The molecule has 4 N–H and O–H groups in total. The van der Waals surface area contributed by atoms with Gasteiger partial charge in [0.05, 0.1) is 5.69 Å². The number of unbranched alkanes of at least 4 members (excludes halogenated alkanes) is 2. The van der Waals surface area contributed by atoms with Gasteiger partial charge in [-0.15, -0.1) is 0 Å². The Morgan fingerprint density at radius 1 is 1.10 bits per heavy atom. The summed E-state index contributed by atoms with van der Waals surface area (Å²) < 4.78 is 22.7. The van der Waals surface area contributed by atoms with Gasteiger partial charge >= 0.3 is 0 Å². The van der Waals surface area contributed by atoms with Crippen LogP contribution in [0.1, 0.15) is 39.5 Å². The molecule has 5 nitrogen and oxygen atoms in total. The Labute approximate surface area is 122 Å². The van der Waals surface area contributed by atoms with Gasteiger partial charge in [0.2, 0.25) is 10.0 Å². The number of benzene rings is 1. The lowest BCUT2D eigenvalue weighted by Crippen LogP contribution is -2.26. The minimum atomic E-state index is -3.75. The second-order valence-electron chi connectivity index (χ2n) is 4.96. The van der Waals surface area contributed by atoms with Gasteiger partial charge in [-0.05, 0) is 31.0 Å². The van der Waals surface area contributed by atoms with Crippen molar-refractivity contribution >= 4 is 21.4 Å². The van der Waals surface area contributed by atoms with Crippen molar-refractivity contribution in [1.82, 2.24) is 0 Å². The molecule has 0 bridgehead atoms. The largest absolute Gasteiger partial charge is 0.398 e. The highest BCUT2D eigenvalue weighted by Crippen LogP contribution is 2.24. The highest BCUT2D eigenvalue weighted by Gasteiger charge is 2.14. The zero-order valence-electron chi connectivity index (χ0n) is 12.3. The standard InChI is InChI=1S/C14H25N3O2S/c1-3-5-9-17(10-6-4-2)12-7-8-14(13(15)11-12)20(16,18)19/h7-8,11H,3-6,9-10,15H2,1-2H3,(H2,16,18,19). The number of anilines is 2. The van der Waals surface area contributed by atoms with E-state index in [0.717, 1.165) is 44.5 Å². The number of primary sulfonamides is 1. The van der Waals surface area contributed by atoms with Crippen LogP contribution in [0.15, 0.2) is 23.1 Å². The fraction of sp³-hybridized carbons (Fsp3) is 0.571. The average molecular weight is 299 g/mol. The summed E-state index contributed by atoms with van der Waals surface area (Å²) in [7, 11) is -3.75. The Morgan fingerprint density at radius 2 is 1.65 bits per heavy atom. The number of nitrogens with zero attached hydrogens (tertiary/aromatic N) is 1. The Balaban J connectivity index is 2.99. The molecule has 0 saturated heterocycles. The molecular formula is C14H25N3O2S. The van der Waals surface area contributed by atoms with Gasteiger partial charge in [-0.1, -0.05) is 26.7 Å². The van der Waals surface area contributed by atoms with Crippen LogP contribution in [0.3, 0.4) is 0 Å². The molecule has 0 aromatic heterocycles. The normalized spacial score (nSPS) is 11.6. The zero-order valence-corrected chi connectivity index (χ0v) is 13.1. The highest BCUT2D eigenvalue weighted by molar-refractivity contribution is 7.89. The SMILES string of the molecule is CCCCN(CCCC)c1ccc(S(N)(=O)=O)c(N)c1. The van der Waals surface area contributed by atoms with E-state index in [0.29, 0.717) is 0 Å². The first-order chi connectivity index (χ1) is 9.40. The third-order valence-corrected chi connectivity index (χ3v) is 4.21. The Morgan fingerprint density at radius 3 is 2.05 bits per heavy atom. The lowest BCUT2D eigenvalue weighted by Gasteiger charge is -2.25. The molecule has 0 fully saturated rings. The molecule has 0 saturated carbocycles. The third-order valence-electron chi connectivity index (χ3n) is 3.23. The minimum Gasteiger partial charge on any atom is -0.398 e. The molecule has 0 aliphatic carbocycles. The van der Waals surface area contributed by atoms with Crippen molar-refractivity contribution in [3.8, 4) is 0 Å². The first-order valence-corrected chi connectivity index (χ1v) is 8.62. The van der Waals surface area contributed by atoms with Gasteiger partial charge in [-0.2, -0.15) is 0 Å². The van der Waals surface area contributed by atoms with Crippen LogP contribution in [0.4, 0.5) is 11.4 Å². The Hall–Kier alpha value is -1.27. The third kappa shape index (κ3) is 4.68. The number of sulfonamides is 1. The molecule has 0 unspecified atom stereocenters. The topological polar surface area (TPSA) is 89.4 Å². The summed E-state index contributed by atoms with van der Waals surface area (Å²) in [5, 5.41) is 5.12. The molecular weight excluding hydrogens is 274 g/mol. The number of rotatable bonds is 8. The van der Waals surface area contributed by atoms with E-state index in [2.05, 4.69) is 18.7 Å². The van der Waals surface area contributed by atoms with Crippen LogP contribution in [0.5, 0.6) is 0 Å². The molecule has 20 heavy (non-hydrogen) atoms. The van der Waals surface area contributed by atoms with Crippen molar-refractivity contribution in [3.63, 3.8) is 0 Å². The summed E-state index contributed by atoms with van der Waals surface area (Å²) in [6.07, 6.45) is 4.43. The van der Waals surface area contributed by atoms with Gasteiger partial charge in [-0.3, -0.25) is 0 Å². The molecule has 0 spiro atoms. The van der Waals surface area contributed by atoms with Crippen molar-refractivity contribution in [2.24, 2.45) is 5.14 Å². The van der Waals surface area contributed by atoms with Gasteiger partial charge < -0.3 is 10.6 Å². The fourth-order valence-electron chi connectivity index (χ4n) is 2.06. The molecule has 1 rings (SSSR count). The van der Waals surface area contributed by atoms with Gasteiger partial charge in [0, 0.05) is 18.8 Å². The van der Waals surface area contributed by atoms with Gasteiger partial charge in [-0.25, -0.2) is 13.6 Å². The Kier molecular flexibility index (Phi) is 6.29. The first kappa shape index (κ1) is 16.8. The lowest BCUT2D eigenvalue weighted by molar-refractivity contribution is 0.598. The van der Waals surface area contributed by atoms with Gasteiger partial charge in [0.25, 0.3) is 0 Å². The average Bonchev–Trinajstić information content (AvgIpc) is 2.37. The number of nitrogens with two attached hydrogens (primary N) is 2. The first-order valence-electron chi connectivity index (χ1n) is 7.07. The van der Waals surface area contributed by atoms with Gasteiger partial charge in [0.1, 0.15) is 4.90 Å². The monoisotopic (exact) mass is 299 g/mol. The van der Waals surface area contributed by atoms with Crippen molar-refractivity contribution < 1.29 is 8.42 Å². The van der Waals surface area contributed by atoms with Crippen molar-refractivity contribution in [1.29, 1.82) is 0 Å². The van der Waals surface area contributed by atoms with Crippen LogP contribution in [-0.2, 0) is 10.0 Å². The van der Waals surface area contributed by atoms with E-state index in [1.165, 1.54) is 6.07 Å². The molecule has 0 aliphatic heterocycles. The van der Waals surface area contributed by atoms with E-state index in [1.807, 2.05) is 0 Å². The molecule has 0 atom stereocenters. The van der Waals surface area contributed by atoms with Crippen LogP contribution in [0, 0.1) is 0 Å². The molecule has 6 heteroatoms. The predicted molar refractivity (Wildman–Crippen MR) is 84.3 cm³/mol. The highest BCUT2D eigenvalue weighted by atomic mass is 32.2. The van der Waals surface area contributed by atoms with Crippen LogP contribution in [0.25, 0.3) is 0 Å². The summed E-state index contributed by atoms with van der Waals surface area (Å²) in [4.78, 5) is 2.24. The number of nitrogen functional groups attached to an aromatic ring is 1. The molecule has 1 aromatic rings. The smallest absolute Gasteiger partial charge is 0.240 e. The van der Waals surface area contributed by atoms with Crippen LogP contribution in [0.2, 0.25) is 0 Å². The number of hydrogen-bond acceptors (Lipinski definition) is 4. The lowest BCUT2D eigenvalue weighted by atomic mass is 10.2. The second kappa shape index (κ2) is 7.50. The van der Waals surface area contributed by atoms with Crippen molar-refractivity contribution in [3.05, 3.63) is 18.2 Å². The molecule has 0 heterocycles. The van der Waals surface area contributed by atoms with E-state index < -0.39 is 10.0 Å². The summed E-state index contributed by atoms with van der Waals surface area (Å²) in [6.45, 7) is 6.20. The minimum absolute atomic E-state index is 0.00724.